The summed E-state index contributed by atoms with van der Waals surface area (Å²) in [5.41, 5.74) is 7.95. The van der Waals surface area contributed by atoms with Gasteiger partial charge in [0.15, 0.2) is 0 Å². The number of fused-ring (bicyclic) bond motifs is 2. The van der Waals surface area contributed by atoms with Gasteiger partial charge in [0.2, 0.25) is 5.91 Å². The van der Waals surface area contributed by atoms with Crippen molar-refractivity contribution >= 4 is 33.4 Å². The van der Waals surface area contributed by atoms with Gasteiger partial charge in [0.1, 0.15) is 5.69 Å². The zero-order valence-corrected chi connectivity index (χ0v) is 20.4. The maximum absolute atomic E-state index is 12.2. The summed E-state index contributed by atoms with van der Waals surface area (Å²) in [7, 11) is 3.71. The zero-order valence-electron chi connectivity index (χ0n) is 20.4. The first-order valence-electron chi connectivity index (χ1n) is 11.8. The molecule has 1 aromatic carbocycles. The van der Waals surface area contributed by atoms with Crippen molar-refractivity contribution in [3.05, 3.63) is 79.5 Å². The van der Waals surface area contributed by atoms with Crippen LogP contribution in [0.3, 0.4) is 0 Å². The molecule has 1 amide bonds. The second-order valence-electron chi connectivity index (χ2n) is 9.13. The standard InChI is InChI=1S/C28H24N8O/c1-36(2)16-26(37)32-20-10-19(14-30-15-20)17-5-6-24-21(11-17)28(35-34-24)25-12-22-23(33-25)7-9-31-27(22)18-4-3-8-29-13-18/h3-15,33H,16H2,1-2H3,(H,32,37)(H,34,35). The molecule has 5 aromatic heterocycles. The highest BCUT2D eigenvalue weighted by molar-refractivity contribution is 6.01. The highest BCUT2D eigenvalue weighted by atomic mass is 16.2. The van der Waals surface area contributed by atoms with Gasteiger partial charge in [-0.15, -0.1) is 0 Å². The molecule has 0 saturated heterocycles. The minimum Gasteiger partial charge on any atom is -0.353 e. The molecule has 0 fully saturated rings. The van der Waals surface area contributed by atoms with Crippen molar-refractivity contribution in [1.29, 1.82) is 0 Å². The van der Waals surface area contributed by atoms with Gasteiger partial charge in [0, 0.05) is 52.2 Å². The summed E-state index contributed by atoms with van der Waals surface area (Å²) < 4.78 is 0. The van der Waals surface area contributed by atoms with Gasteiger partial charge in [-0.25, -0.2) is 0 Å². The highest BCUT2D eigenvalue weighted by Crippen LogP contribution is 2.34. The lowest BCUT2D eigenvalue weighted by Gasteiger charge is -2.11. The Hall–Kier alpha value is -4.89. The summed E-state index contributed by atoms with van der Waals surface area (Å²) in [6.45, 7) is 0.303. The lowest BCUT2D eigenvalue weighted by atomic mass is 10.0. The van der Waals surface area contributed by atoms with Crippen LogP contribution in [0.25, 0.3) is 55.6 Å². The van der Waals surface area contributed by atoms with E-state index in [-0.39, 0.29) is 5.91 Å². The van der Waals surface area contributed by atoms with Crippen LogP contribution >= 0.6 is 0 Å². The van der Waals surface area contributed by atoms with Gasteiger partial charge in [0.25, 0.3) is 0 Å². The van der Waals surface area contributed by atoms with E-state index in [0.29, 0.717) is 12.2 Å². The van der Waals surface area contributed by atoms with Crippen molar-refractivity contribution in [2.75, 3.05) is 26.0 Å². The second kappa shape index (κ2) is 9.29. The number of nitrogens with one attached hydrogen (secondary N) is 3. The fourth-order valence-corrected chi connectivity index (χ4v) is 4.47. The third-order valence-electron chi connectivity index (χ3n) is 6.12. The van der Waals surface area contributed by atoms with Crippen LogP contribution in [0, 0.1) is 0 Å². The molecule has 0 unspecified atom stereocenters. The number of aromatic amines is 2. The smallest absolute Gasteiger partial charge is 0.238 e. The van der Waals surface area contributed by atoms with Crippen LogP contribution < -0.4 is 5.32 Å². The number of likely N-dealkylation sites (N-methyl/N-ethyl adjacent to an activating group) is 1. The van der Waals surface area contributed by atoms with E-state index in [1.54, 1.807) is 24.8 Å². The number of carbonyl (C=O) groups is 1. The number of benzene rings is 1. The Morgan fingerprint density at radius 3 is 2.57 bits per heavy atom. The number of hydrogen-bond acceptors (Lipinski definition) is 6. The Labute approximate surface area is 212 Å². The van der Waals surface area contributed by atoms with E-state index in [2.05, 4.69) is 47.6 Å². The lowest BCUT2D eigenvalue weighted by Crippen LogP contribution is -2.27. The van der Waals surface area contributed by atoms with E-state index in [1.807, 2.05) is 61.6 Å². The van der Waals surface area contributed by atoms with Gasteiger partial charge in [0.05, 0.1) is 35.3 Å². The number of hydrogen-bond donors (Lipinski definition) is 3. The van der Waals surface area contributed by atoms with Gasteiger partial charge in [-0.1, -0.05) is 6.07 Å². The van der Waals surface area contributed by atoms with E-state index in [1.165, 1.54) is 0 Å². The summed E-state index contributed by atoms with van der Waals surface area (Å²) >= 11 is 0. The van der Waals surface area contributed by atoms with E-state index in [4.69, 9.17) is 0 Å². The maximum Gasteiger partial charge on any atom is 0.238 e. The Morgan fingerprint density at radius 1 is 0.865 bits per heavy atom. The average molecular weight is 489 g/mol. The molecule has 3 N–H and O–H groups in total. The second-order valence-corrected chi connectivity index (χ2v) is 9.13. The maximum atomic E-state index is 12.2. The number of pyridine rings is 3. The SMILES string of the molecule is CN(C)CC(=O)Nc1cncc(-c2ccc3[nH]nc(-c4cc5c(-c6cccnc6)nccc5[nH]4)c3c2)c1. The quantitative estimate of drug-likeness (QED) is 0.312. The normalized spacial score (nSPS) is 11.4. The first-order chi connectivity index (χ1) is 18.0. The van der Waals surface area contributed by atoms with Gasteiger partial charge in [-0.2, -0.15) is 5.10 Å². The predicted molar refractivity (Wildman–Crippen MR) is 145 cm³/mol. The van der Waals surface area contributed by atoms with E-state index < -0.39 is 0 Å². The number of carbonyl (C=O) groups excluding carboxylic acids is 1. The number of anilines is 1. The van der Waals surface area contributed by atoms with Crippen LogP contribution in [0.2, 0.25) is 0 Å². The number of H-pyrrole nitrogens is 2. The molecule has 0 aliphatic heterocycles. The first kappa shape index (κ1) is 22.6. The Balaban J connectivity index is 1.38. The first-order valence-corrected chi connectivity index (χ1v) is 11.8. The van der Waals surface area contributed by atoms with Crippen LogP contribution in [0.15, 0.2) is 79.5 Å². The summed E-state index contributed by atoms with van der Waals surface area (Å²) in [5.74, 6) is -0.0875. The molecule has 9 nitrogen and oxygen atoms in total. The minimum absolute atomic E-state index is 0.0875. The van der Waals surface area contributed by atoms with Crippen LogP contribution in [0.1, 0.15) is 0 Å². The number of amides is 1. The van der Waals surface area contributed by atoms with Gasteiger partial charge < -0.3 is 15.2 Å². The van der Waals surface area contributed by atoms with Crippen LogP contribution in [-0.4, -0.2) is 61.6 Å². The van der Waals surface area contributed by atoms with Crippen LogP contribution in [0.5, 0.6) is 0 Å². The minimum atomic E-state index is -0.0875. The van der Waals surface area contributed by atoms with Crippen molar-refractivity contribution in [3.63, 3.8) is 0 Å². The molecule has 0 saturated carbocycles. The van der Waals surface area contributed by atoms with Gasteiger partial charge in [-0.05, 0) is 62.1 Å². The largest absolute Gasteiger partial charge is 0.353 e. The number of aromatic nitrogens is 6. The van der Waals surface area contributed by atoms with E-state index >= 15 is 0 Å². The van der Waals surface area contributed by atoms with Crippen LogP contribution in [-0.2, 0) is 4.79 Å². The molecule has 9 heteroatoms. The predicted octanol–water partition coefficient (Wildman–Crippen LogP) is 4.73. The molecule has 37 heavy (non-hydrogen) atoms. The fraction of sp³-hybridized carbons (Fsp3) is 0.107. The van der Waals surface area contributed by atoms with Gasteiger partial charge >= 0.3 is 0 Å². The van der Waals surface area contributed by atoms with Crippen molar-refractivity contribution in [2.45, 2.75) is 0 Å². The number of nitrogens with zero attached hydrogens (tertiary/aromatic N) is 5. The summed E-state index contributed by atoms with van der Waals surface area (Å²) in [6.07, 6.45) is 8.80. The molecule has 0 atom stereocenters. The molecular weight excluding hydrogens is 464 g/mol. The lowest BCUT2D eigenvalue weighted by molar-refractivity contribution is -0.116. The topological polar surface area (TPSA) is 115 Å². The van der Waals surface area contributed by atoms with E-state index in [0.717, 1.165) is 55.6 Å². The molecule has 0 bridgehead atoms. The molecular formula is C28H24N8O. The van der Waals surface area contributed by atoms with Crippen molar-refractivity contribution in [3.8, 4) is 33.8 Å². The Kier molecular flexibility index (Phi) is 5.66. The van der Waals surface area contributed by atoms with Crippen LogP contribution in [0.4, 0.5) is 5.69 Å². The third kappa shape index (κ3) is 4.43. The van der Waals surface area contributed by atoms with Crippen molar-refractivity contribution in [2.24, 2.45) is 0 Å². The summed E-state index contributed by atoms with van der Waals surface area (Å²) in [5, 5.41) is 12.6. The Bertz CT molecular complexity index is 1740. The molecule has 182 valence electrons. The average Bonchev–Trinajstić information content (AvgIpc) is 3.52. The third-order valence-corrected chi connectivity index (χ3v) is 6.12. The monoisotopic (exact) mass is 488 g/mol. The van der Waals surface area contributed by atoms with Gasteiger partial charge in [-0.3, -0.25) is 24.8 Å². The van der Waals surface area contributed by atoms with Crippen molar-refractivity contribution in [1.82, 2.24) is 35.0 Å². The zero-order chi connectivity index (χ0) is 25.4. The molecule has 0 aliphatic rings. The Morgan fingerprint density at radius 2 is 1.73 bits per heavy atom. The molecule has 0 radical (unpaired) electrons. The van der Waals surface area contributed by atoms with E-state index in [9.17, 15) is 4.79 Å². The molecule has 6 rings (SSSR count). The molecule has 0 spiro atoms. The highest BCUT2D eigenvalue weighted by Gasteiger charge is 2.15. The fourth-order valence-electron chi connectivity index (χ4n) is 4.47. The van der Waals surface area contributed by atoms with Crippen molar-refractivity contribution < 1.29 is 4.79 Å². The molecule has 5 heterocycles. The molecule has 6 aromatic rings. The number of rotatable bonds is 6. The summed E-state index contributed by atoms with van der Waals surface area (Å²) in [4.78, 5) is 30.7. The summed E-state index contributed by atoms with van der Waals surface area (Å²) in [6, 6.07) is 16.0. The molecule has 0 aliphatic carbocycles.